The van der Waals surface area contributed by atoms with E-state index in [1.807, 2.05) is 47.8 Å². The molecule has 0 aliphatic heterocycles. The molecule has 1 N–H and O–H groups in total. The zero-order chi connectivity index (χ0) is 14.3. The van der Waals surface area contributed by atoms with Crippen LogP contribution in [-0.2, 0) is 0 Å². The molecule has 4 nitrogen and oxygen atoms in total. The zero-order valence-electron chi connectivity index (χ0n) is 11.8. The molecule has 0 aliphatic rings. The molecule has 20 heavy (non-hydrogen) atoms. The fourth-order valence-electron chi connectivity index (χ4n) is 2.35. The molecule has 0 bridgehead atoms. The van der Waals surface area contributed by atoms with Gasteiger partial charge in [0.25, 0.3) is 5.56 Å². The normalized spacial score (nSPS) is 11.4. The predicted molar refractivity (Wildman–Crippen MR) is 80.1 cm³/mol. The Morgan fingerprint density at radius 2 is 1.90 bits per heavy atom. The lowest BCUT2D eigenvalue weighted by Crippen LogP contribution is -2.15. The van der Waals surface area contributed by atoms with Crippen LogP contribution in [-0.4, -0.2) is 14.6 Å². The lowest BCUT2D eigenvalue weighted by atomic mass is 10.1. The number of benzene rings is 1. The number of aromatic nitrogens is 3. The standard InChI is InChI=1S/C16H17N3O/c1-10(2)13-9-14-17-16(20)11(3)15(19(14)18-13)12-7-5-4-6-8-12/h4-10H,1-3H3,(H,17,20). The first kappa shape index (κ1) is 12.7. The topological polar surface area (TPSA) is 50.2 Å². The Bertz CT molecular complexity index is 813. The second-order valence-corrected chi connectivity index (χ2v) is 5.31. The Morgan fingerprint density at radius 1 is 1.20 bits per heavy atom. The first-order valence-corrected chi connectivity index (χ1v) is 6.76. The summed E-state index contributed by atoms with van der Waals surface area (Å²) in [5.41, 5.74) is 4.19. The van der Waals surface area contributed by atoms with E-state index in [2.05, 4.69) is 23.9 Å². The van der Waals surface area contributed by atoms with Gasteiger partial charge in [-0.2, -0.15) is 5.10 Å². The van der Waals surface area contributed by atoms with Crippen molar-refractivity contribution in [3.8, 4) is 11.3 Å². The lowest BCUT2D eigenvalue weighted by Gasteiger charge is -2.08. The molecule has 2 aromatic heterocycles. The van der Waals surface area contributed by atoms with Gasteiger partial charge in [-0.15, -0.1) is 0 Å². The second kappa shape index (κ2) is 4.63. The van der Waals surface area contributed by atoms with Crippen molar-refractivity contribution in [1.29, 1.82) is 0 Å². The molecule has 3 aromatic rings. The van der Waals surface area contributed by atoms with Crippen LogP contribution in [0.2, 0.25) is 0 Å². The van der Waals surface area contributed by atoms with Crippen LogP contribution in [0.1, 0.15) is 31.0 Å². The molecule has 2 heterocycles. The average Bonchev–Trinajstić information content (AvgIpc) is 2.84. The van der Waals surface area contributed by atoms with Gasteiger partial charge in [-0.1, -0.05) is 44.2 Å². The highest BCUT2D eigenvalue weighted by atomic mass is 16.1. The summed E-state index contributed by atoms with van der Waals surface area (Å²) in [5.74, 6) is 0.322. The molecule has 0 amide bonds. The van der Waals surface area contributed by atoms with E-state index in [-0.39, 0.29) is 5.56 Å². The van der Waals surface area contributed by atoms with Crippen LogP contribution in [0.4, 0.5) is 0 Å². The summed E-state index contributed by atoms with van der Waals surface area (Å²) in [6, 6.07) is 11.8. The molecule has 0 saturated heterocycles. The van der Waals surface area contributed by atoms with Gasteiger partial charge in [0.15, 0.2) is 0 Å². The van der Waals surface area contributed by atoms with Crippen molar-refractivity contribution < 1.29 is 0 Å². The van der Waals surface area contributed by atoms with Gasteiger partial charge >= 0.3 is 0 Å². The monoisotopic (exact) mass is 267 g/mol. The van der Waals surface area contributed by atoms with Gasteiger partial charge in [0.05, 0.1) is 11.4 Å². The quantitative estimate of drug-likeness (QED) is 0.775. The van der Waals surface area contributed by atoms with Crippen molar-refractivity contribution in [2.75, 3.05) is 0 Å². The lowest BCUT2D eigenvalue weighted by molar-refractivity contribution is 0.786. The fourth-order valence-corrected chi connectivity index (χ4v) is 2.35. The molecule has 102 valence electrons. The molecule has 0 radical (unpaired) electrons. The molecule has 0 saturated carbocycles. The Balaban J connectivity index is 2.39. The molecule has 0 atom stereocenters. The minimum absolute atomic E-state index is 0.0634. The van der Waals surface area contributed by atoms with Gasteiger partial charge in [-0.3, -0.25) is 4.79 Å². The van der Waals surface area contributed by atoms with Gasteiger partial charge < -0.3 is 4.98 Å². The highest BCUT2D eigenvalue weighted by Gasteiger charge is 2.14. The van der Waals surface area contributed by atoms with Crippen LogP contribution < -0.4 is 5.56 Å². The Hall–Kier alpha value is -2.36. The maximum Gasteiger partial charge on any atom is 0.254 e. The average molecular weight is 267 g/mol. The summed E-state index contributed by atoms with van der Waals surface area (Å²) in [6.45, 7) is 6.02. The van der Waals surface area contributed by atoms with E-state index in [9.17, 15) is 4.79 Å². The van der Waals surface area contributed by atoms with E-state index in [1.165, 1.54) is 0 Å². The minimum Gasteiger partial charge on any atom is -0.307 e. The van der Waals surface area contributed by atoms with Crippen LogP contribution in [0.5, 0.6) is 0 Å². The number of nitrogens with zero attached hydrogens (tertiary/aromatic N) is 2. The summed E-state index contributed by atoms with van der Waals surface area (Å²) < 4.78 is 1.83. The van der Waals surface area contributed by atoms with Crippen molar-refractivity contribution >= 4 is 5.65 Å². The highest BCUT2D eigenvalue weighted by Crippen LogP contribution is 2.23. The maximum atomic E-state index is 12.1. The van der Waals surface area contributed by atoms with Crippen molar-refractivity contribution in [2.24, 2.45) is 0 Å². The van der Waals surface area contributed by atoms with Gasteiger partial charge in [-0.25, -0.2) is 4.52 Å². The summed E-state index contributed by atoms with van der Waals surface area (Å²) in [6.07, 6.45) is 0. The summed E-state index contributed by atoms with van der Waals surface area (Å²) in [4.78, 5) is 15.0. The summed E-state index contributed by atoms with van der Waals surface area (Å²) in [5, 5.41) is 4.64. The third kappa shape index (κ3) is 1.93. The number of aromatic amines is 1. The largest absolute Gasteiger partial charge is 0.307 e. The highest BCUT2D eigenvalue weighted by molar-refractivity contribution is 5.65. The molecule has 4 heteroatoms. The van der Waals surface area contributed by atoms with E-state index in [4.69, 9.17) is 0 Å². The van der Waals surface area contributed by atoms with Crippen LogP contribution in [0.25, 0.3) is 16.9 Å². The van der Waals surface area contributed by atoms with E-state index in [0.717, 1.165) is 22.6 Å². The van der Waals surface area contributed by atoms with E-state index in [0.29, 0.717) is 11.5 Å². The SMILES string of the molecule is Cc1c(-c2ccccc2)n2nc(C(C)C)cc2[nH]c1=O. The number of nitrogens with one attached hydrogen (secondary N) is 1. The Morgan fingerprint density at radius 3 is 2.55 bits per heavy atom. The third-order valence-corrected chi connectivity index (χ3v) is 3.52. The molecule has 0 unspecified atom stereocenters. The molecule has 0 aliphatic carbocycles. The van der Waals surface area contributed by atoms with Crippen molar-refractivity contribution in [3.05, 3.63) is 58.0 Å². The Labute approximate surface area is 117 Å². The summed E-state index contributed by atoms with van der Waals surface area (Å²) in [7, 11) is 0. The number of rotatable bonds is 2. The predicted octanol–water partition coefficient (Wildman–Crippen LogP) is 3.12. The molecule has 3 rings (SSSR count). The first-order chi connectivity index (χ1) is 9.58. The maximum absolute atomic E-state index is 12.1. The van der Waals surface area contributed by atoms with Gasteiger partial charge in [0.2, 0.25) is 0 Å². The smallest absolute Gasteiger partial charge is 0.254 e. The van der Waals surface area contributed by atoms with E-state index in [1.54, 1.807) is 0 Å². The van der Waals surface area contributed by atoms with Crippen LogP contribution in [0.15, 0.2) is 41.2 Å². The number of hydrogen-bond donors (Lipinski definition) is 1. The van der Waals surface area contributed by atoms with Crippen LogP contribution in [0.3, 0.4) is 0 Å². The minimum atomic E-state index is -0.0634. The van der Waals surface area contributed by atoms with Crippen LogP contribution in [0, 0.1) is 6.92 Å². The zero-order valence-corrected chi connectivity index (χ0v) is 11.8. The molecular formula is C16H17N3O. The van der Waals surface area contributed by atoms with E-state index >= 15 is 0 Å². The number of H-pyrrole nitrogens is 1. The van der Waals surface area contributed by atoms with Crippen LogP contribution >= 0.6 is 0 Å². The first-order valence-electron chi connectivity index (χ1n) is 6.76. The number of hydrogen-bond acceptors (Lipinski definition) is 2. The van der Waals surface area contributed by atoms with Crippen molar-refractivity contribution in [2.45, 2.75) is 26.7 Å². The van der Waals surface area contributed by atoms with Crippen molar-refractivity contribution in [3.63, 3.8) is 0 Å². The van der Waals surface area contributed by atoms with Gasteiger partial charge in [0, 0.05) is 17.2 Å². The number of fused-ring (bicyclic) bond motifs is 1. The van der Waals surface area contributed by atoms with Gasteiger partial charge in [-0.05, 0) is 12.8 Å². The van der Waals surface area contributed by atoms with E-state index < -0.39 is 0 Å². The summed E-state index contributed by atoms with van der Waals surface area (Å²) >= 11 is 0. The molecule has 1 aromatic carbocycles. The second-order valence-electron chi connectivity index (χ2n) is 5.31. The molecule has 0 fully saturated rings. The third-order valence-electron chi connectivity index (χ3n) is 3.52. The Kier molecular flexibility index (Phi) is 2.93. The van der Waals surface area contributed by atoms with Crippen molar-refractivity contribution in [1.82, 2.24) is 14.6 Å². The van der Waals surface area contributed by atoms with Gasteiger partial charge in [0.1, 0.15) is 5.65 Å². The fraction of sp³-hybridized carbons (Fsp3) is 0.250. The molecular weight excluding hydrogens is 250 g/mol. The molecule has 0 spiro atoms.